The van der Waals surface area contributed by atoms with Gasteiger partial charge in [0.2, 0.25) is 5.91 Å². The third-order valence-corrected chi connectivity index (χ3v) is 4.56. The largest absolute Gasteiger partial charge is 0.496 e. The lowest BCUT2D eigenvalue weighted by atomic mass is 9.92. The third-order valence-electron chi connectivity index (χ3n) is 3.94. The van der Waals surface area contributed by atoms with E-state index in [9.17, 15) is 9.59 Å². The normalized spacial score (nSPS) is 22.0. The molecule has 2 amide bonds. The fourth-order valence-electron chi connectivity index (χ4n) is 2.59. The molecule has 114 valence electrons. The quantitative estimate of drug-likeness (QED) is 0.903. The standard InChI is InChI=1S/C15H19BrN2O3/c1-9-3-4-11(14(17)19)8-18(9)15(20)10-5-6-13(21-2)12(16)7-10/h5-7,9,11H,3-4,8H2,1-2H3,(H2,17,19). The van der Waals surface area contributed by atoms with Gasteiger partial charge in [0.05, 0.1) is 17.5 Å². The number of nitrogens with two attached hydrogens (primary N) is 1. The Bertz CT molecular complexity index is 562. The summed E-state index contributed by atoms with van der Waals surface area (Å²) in [6, 6.07) is 5.32. The predicted octanol–water partition coefficient (Wildman–Crippen LogP) is 2.18. The van der Waals surface area contributed by atoms with Crippen LogP contribution >= 0.6 is 15.9 Å². The number of hydrogen-bond acceptors (Lipinski definition) is 3. The van der Waals surface area contributed by atoms with Crippen LogP contribution in [0.25, 0.3) is 0 Å². The molecule has 1 aromatic carbocycles. The Kier molecular flexibility index (Phi) is 4.88. The molecule has 1 fully saturated rings. The number of hydrogen-bond donors (Lipinski definition) is 1. The number of ether oxygens (including phenoxy) is 1. The number of nitrogens with zero attached hydrogens (tertiary/aromatic N) is 1. The monoisotopic (exact) mass is 354 g/mol. The van der Waals surface area contributed by atoms with Gasteiger partial charge in [-0.2, -0.15) is 0 Å². The van der Waals surface area contributed by atoms with Crippen molar-refractivity contribution in [1.29, 1.82) is 0 Å². The predicted molar refractivity (Wildman–Crippen MR) is 83.1 cm³/mol. The molecule has 0 spiro atoms. The van der Waals surface area contributed by atoms with Gasteiger partial charge in [-0.1, -0.05) is 0 Å². The summed E-state index contributed by atoms with van der Waals surface area (Å²) in [6.07, 6.45) is 1.53. The molecule has 2 rings (SSSR count). The van der Waals surface area contributed by atoms with Crippen molar-refractivity contribution in [3.63, 3.8) is 0 Å². The van der Waals surface area contributed by atoms with Gasteiger partial charge >= 0.3 is 0 Å². The van der Waals surface area contributed by atoms with Crippen molar-refractivity contribution < 1.29 is 14.3 Å². The Morgan fingerprint density at radius 1 is 1.38 bits per heavy atom. The zero-order chi connectivity index (χ0) is 15.6. The van der Waals surface area contributed by atoms with E-state index in [0.717, 1.165) is 17.3 Å². The highest BCUT2D eigenvalue weighted by Gasteiger charge is 2.32. The van der Waals surface area contributed by atoms with Gasteiger partial charge in [0.15, 0.2) is 0 Å². The average Bonchev–Trinajstić information content (AvgIpc) is 2.46. The van der Waals surface area contributed by atoms with E-state index in [1.165, 1.54) is 0 Å². The number of likely N-dealkylation sites (tertiary alicyclic amines) is 1. The number of rotatable bonds is 3. The molecule has 1 heterocycles. The Morgan fingerprint density at radius 2 is 2.10 bits per heavy atom. The summed E-state index contributed by atoms with van der Waals surface area (Å²) in [7, 11) is 1.58. The number of amides is 2. The number of methoxy groups -OCH3 is 1. The van der Waals surface area contributed by atoms with E-state index < -0.39 is 0 Å². The van der Waals surface area contributed by atoms with E-state index in [2.05, 4.69) is 15.9 Å². The van der Waals surface area contributed by atoms with Gasteiger partial charge < -0.3 is 15.4 Å². The Labute approximate surface area is 132 Å². The van der Waals surface area contributed by atoms with Crippen LogP contribution in [0.5, 0.6) is 5.75 Å². The number of benzene rings is 1. The van der Waals surface area contributed by atoms with Gasteiger partial charge in [-0.3, -0.25) is 9.59 Å². The van der Waals surface area contributed by atoms with Crippen LogP contribution in [0.3, 0.4) is 0 Å². The lowest BCUT2D eigenvalue weighted by Crippen LogP contribution is -2.48. The van der Waals surface area contributed by atoms with Crippen molar-refractivity contribution in [1.82, 2.24) is 4.90 Å². The van der Waals surface area contributed by atoms with E-state index in [-0.39, 0.29) is 23.8 Å². The van der Waals surface area contributed by atoms with E-state index in [4.69, 9.17) is 10.5 Å². The number of halogens is 1. The molecule has 0 bridgehead atoms. The van der Waals surface area contributed by atoms with Gasteiger partial charge in [-0.15, -0.1) is 0 Å². The van der Waals surface area contributed by atoms with Crippen LogP contribution in [0.2, 0.25) is 0 Å². The SMILES string of the molecule is COc1ccc(C(=O)N2CC(C(N)=O)CCC2C)cc1Br. The Hall–Kier alpha value is -1.56. The lowest BCUT2D eigenvalue weighted by Gasteiger charge is -2.37. The molecule has 0 aliphatic carbocycles. The second kappa shape index (κ2) is 6.47. The summed E-state index contributed by atoms with van der Waals surface area (Å²) < 4.78 is 5.89. The first-order chi connectivity index (χ1) is 9.93. The Balaban J connectivity index is 2.21. The number of carbonyl (C=O) groups excluding carboxylic acids is 2. The third kappa shape index (κ3) is 3.37. The van der Waals surface area contributed by atoms with Crippen molar-refractivity contribution >= 4 is 27.7 Å². The van der Waals surface area contributed by atoms with Crippen molar-refractivity contribution in [3.8, 4) is 5.75 Å². The minimum atomic E-state index is -0.337. The van der Waals surface area contributed by atoms with E-state index >= 15 is 0 Å². The molecule has 5 nitrogen and oxygen atoms in total. The van der Waals surface area contributed by atoms with Crippen LogP contribution in [0.1, 0.15) is 30.1 Å². The molecular formula is C15H19BrN2O3. The van der Waals surface area contributed by atoms with Crippen LogP contribution in [-0.4, -0.2) is 36.4 Å². The molecular weight excluding hydrogens is 336 g/mol. The van der Waals surface area contributed by atoms with Gasteiger partial charge in [-0.05, 0) is 53.9 Å². The molecule has 1 aromatic rings. The zero-order valence-electron chi connectivity index (χ0n) is 12.1. The van der Waals surface area contributed by atoms with Gasteiger partial charge in [0.25, 0.3) is 5.91 Å². The molecule has 21 heavy (non-hydrogen) atoms. The number of carbonyl (C=O) groups is 2. The molecule has 0 radical (unpaired) electrons. The first-order valence-corrected chi connectivity index (χ1v) is 7.67. The minimum absolute atomic E-state index is 0.0863. The molecule has 2 N–H and O–H groups in total. The maximum absolute atomic E-state index is 12.6. The highest BCUT2D eigenvalue weighted by atomic mass is 79.9. The summed E-state index contributed by atoms with van der Waals surface area (Å²) in [5.41, 5.74) is 5.94. The van der Waals surface area contributed by atoms with Crippen LogP contribution in [-0.2, 0) is 4.79 Å². The second-order valence-corrected chi connectivity index (χ2v) is 6.19. The summed E-state index contributed by atoms with van der Waals surface area (Å²) in [5, 5.41) is 0. The van der Waals surface area contributed by atoms with Crippen LogP contribution < -0.4 is 10.5 Å². The lowest BCUT2D eigenvalue weighted by molar-refractivity contribution is -0.123. The highest BCUT2D eigenvalue weighted by Crippen LogP contribution is 2.28. The van der Waals surface area contributed by atoms with Gasteiger partial charge in [-0.25, -0.2) is 0 Å². The molecule has 2 atom stereocenters. The highest BCUT2D eigenvalue weighted by molar-refractivity contribution is 9.10. The van der Waals surface area contributed by atoms with E-state index in [1.54, 1.807) is 30.2 Å². The van der Waals surface area contributed by atoms with Gasteiger partial charge in [0, 0.05) is 18.2 Å². The number of piperidine rings is 1. The first kappa shape index (κ1) is 15.8. The topological polar surface area (TPSA) is 72.6 Å². The molecule has 0 saturated carbocycles. The maximum Gasteiger partial charge on any atom is 0.254 e. The van der Waals surface area contributed by atoms with Crippen molar-refractivity contribution in [2.75, 3.05) is 13.7 Å². The molecule has 2 unspecified atom stereocenters. The molecule has 1 saturated heterocycles. The van der Waals surface area contributed by atoms with Crippen LogP contribution in [0, 0.1) is 5.92 Å². The summed E-state index contributed by atoms with van der Waals surface area (Å²) in [4.78, 5) is 25.7. The van der Waals surface area contributed by atoms with Crippen molar-refractivity contribution in [2.24, 2.45) is 11.7 Å². The summed E-state index contributed by atoms with van der Waals surface area (Å²) >= 11 is 3.38. The van der Waals surface area contributed by atoms with E-state index in [0.29, 0.717) is 17.9 Å². The van der Waals surface area contributed by atoms with E-state index in [1.807, 2.05) is 6.92 Å². The Morgan fingerprint density at radius 3 is 2.67 bits per heavy atom. The zero-order valence-corrected chi connectivity index (χ0v) is 13.7. The van der Waals surface area contributed by atoms with Crippen molar-refractivity contribution in [2.45, 2.75) is 25.8 Å². The number of primary amides is 1. The van der Waals surface area contributed by atoms with Crippen LogP contribution in [0.4, 0.5) is 0 Å². The molecule has 1 aliphatic heterocycles. The summed E-state index contributed by atoms with van der Waals surface area (Å²) in [6.45, 7) is 2.38. The molecule has 6 heteroatoms. The smallest absolute Gasteiger partial charge is 0.254 e. The first-order valence-electron chi connectivity index (χ1n) is 6.88. The average molecular weight is 355 g/mol. The maximum atomic E-state index is 12.6. The molecule has 0 aromatic heterocycles. The fraction of sp³-hybridized carbons (Fsp3) is 0.467. The fourth-order valence-corrected chi connectivity index (χ4v) is 3.13. The second-order valence-electron chi connectivity index (χ2n) is 5.33. The minimum Gasteiger partial charge on any atom is -0.496 e. The van der Waals surface area contributed by atoms with Gasteiger partial charge in [0.1, 0.15) is 5.75 Å². The van der Waals surface area contributed by atoms with Crippen molar-refractivity contribution in [3.05, 3.63) is 28.2 Å². The molecule has 1 aliphatic rings. The van der Waals surface area contributed by atoms with Crippen LogP contribution in [0.15, 0.2) is 22.7 Å². The summed E-state index contributed by atoms with van der Waals surface area (Å²) in [5.74, 6) is -0.00694.